The molecule has 0 radical (unpaired) electrons. The number of primary amides is 2. The van der Waals surface area contributed by atoms with Crippen molar-refractivity contribution >= 4 is 17.6 Å². The lowest BCUT2D eigenvalue weighted by atomic mass is 9.78. The molecule has 8 heteroatoms. The molecule has 1 heterocycles. The van der Waals surface area contributed by atoms with Gasteiger partial charge >= 0.3 is 0 Å². The Balaban J connectivity index is 1.99. The van der Waals surface area contributed by atoms with Gasteiger partial charge in [-0.25, -0.2) is 0 Å². The van der Waals surface area contributed by atoms with Gasteiger partial charge in [0.05, 0.1) is 12.0 Å². The van der Waals surface area contributed by atoms with E-state index in [0.717, 1.165) is 32.1 Å². The maximum Gasteiger partial charge on any atom is 0.255 e. The van der Waals surface area contributed by atoms with E-state index in [9.17, 15) is 14.4 Å². The smallest absolute Gasteiger partial charge is 0.255 e. The highest BCUT2D eigenvalue weighted by atomic mass is 16.6. The van der Waals surface area contributed by atoms with Crippen molar-refractivity contribution in [3.63, 3.8) is 0 Å². The molecule has 0 atom stereocenters. The highest BCUT2D eigenvalue weighted by Gasteiger charge is 2.43. The first-order valence-electron chi connectivity index (χ1n) is 8.62. The lowest BCUT2D eigenvalue weighted by molar-refractivity contribution is -0.121. The zero-order chi connectivity index (χ0) is 18.7. The Labute approximate surface area is 150 Å². The molecule has 8 nitrogen and oxygen atoms in total. The van der Waals surface area contributed by atoms with Crippen LogP contribution in [0.4, 0.5) is 0 Å². The van der Waals surface area contributed by atoms with Crippen molar-refractivity contribution in [2.75, 3.05) is 13.2 Å². The van der Waals surface area contributed by atoms with Crippen LogP contribution in [0.1, 0.15) is 48.9 Å². The number of carbonyl (C=O) groups is 3. The van der Waals surface area contributed by atoms with Crippen LogP contribution in [0.3, 0.4) is 0 Å². The first-order chi connectivity index (χ1) is 12.4. The minimum atomic E-state index is -0.682. The fourth-order valence-corrected chi connectivity index (χ4v) is 3.52. The number of fused-ring (bicyclic) bond motifs is 1. The molecule has 1 aromatic rings. The molecular formula is C18H22N2O6. The summed E-state index contributed by atoms with van der Waals surface area (Å²) < 4.78 is 17.1. The third kappa shape index (κ3) is 3.74. The van der Waals surface area contributed by atoms with Gasteiger partial charge in [-0.15, -0.1) is 0 Å². The number of hydrogen-bond acceptors (Lipinski definition) is 6. The highest BCUT2D eigenvalue weighted by molar-refractivity contribution is 6.01. The zero-order valence-electron chi connectivity index (χ0n) is 14.4. The fraction of sp³-hybridized carbons (Fsp3) is 0.500. The summed E-state index contributed by atoms with van der Waals surface area (Å²) >= 11 is 0. The van der Waals surface area contributed by atoms with Crippen molar-refractivity contribution in [1.82, 2.24) is 0 Å². The van der Waals surface area contributed by atoms with Gasteiger partial charge in [-0.05, 0) is 37.8 Å². The van der Waals surface area contributed by atoms with Gasteiger partial charge < -0.3 is 25.7 Å². The minimum Gasteiger partial charge on any atom is -0.482 e. The van der Waals surface area contributed by atoms with Crippen LogP contribution in [0, 0.1) is 0 Å². The predicted octanol–water partition coefficient (Wildman–Crippen LogP) is 1.08. The van der Waals surface area contributed by atoms with Crippen LogP contribution in [0.2, 0.25) is 0 Å². The Morgan fingerprint density at radius 3 is 2.35 bits per heavy atom. The van der Waals surface area contributed by atoms with Crippen molar-refractivity contribution in [1.29, 1.82) is 0 Å². The quantitative estimate of drug-likeness (QED) is 0.778. The Morgan fingerprint density at radius 2 is 1.69 bits per heavy atom. The second-order valence-corrected chi connectivity index (χ2v) is 6.73. The van der Waals surface area contributed by atoms with Gasteiger partial charge in [-0.2, -0.15) is 0 Å². The number of hydrogen-bond donors (Lipinski definition) is 2. The topological polar surface area (TPSA) is 131 Å². The SMILES string of the molecule is NC(=O)COc1ccc2c(c1OCC(N)=O)OC1(CCCCC1)CC2=O. The Morgan fingerprint density at radius 1 is 1.04 bits per heavy atom. The van der Waals surface area contributed by atoms with Gasteiger partial charge in [0.25, 0.3) is 11.8 Å². The van der Waals surface area contributed by atoms with E-state index in [1.165, 1.54) is 6.07 Å². The fourth-order valence-electron chi connectivity index (χ4n) is 3.52. The first-order valence-corrected chi connectivity index (χ1v) is 8.62. The number of nitrogens with two attached hydrogens (primary N) is 2. The maximum absolute atomic E-state index is 12.7. The summed E-state index contributed by atoms with van der Waals surface area (Å²) in [5, 5.41) is 0. The minimum absolute atomic E-state index is 0.0430. The van der Waals surface area contributed by atoms with Crippen LogP contribution >= 0.6 is 0 Å². The number of ketones is 1. The predicted molar refractivity (Wildman–Crippen MR) is 91.2 cm³/mol. The monoisotopic (exact) mass is 362 g/mol. The molecule has 2 amide bonds. The lowest BCUT2D eigenvalue weighted by Gasteiger charge is -2.41. The third-order valence-corrected chi connectivity index (χ3v) is 4.67. The van der Waals surface area contributed by atoms with Crippen LogP contribution in [-0.4, -0.2) is 36.4 Å². The Bertz CT molecular complexity index is 739. The zero-order valence-corrected chi connectivity index (χ0v) is 14.4. The number of Topliss-reactive ketones (excluding diaryl/α,β-unsaturated/α-hetero) is 1. The average Bonchev–Trinajstić information content (AvgIpc) is 2.58. The van der Waals surface area contributed by atoms with Crippen molar-refractivity contribution in [3.05, 3.63) is 17.7 Å². The van der Waals surface area contributed by atoms with E-state index in [1.54, 1.807) is 6.07 Å². The van der Waals surface area contributed by atoms with Crippen LogP contribution in [-0.2, 0) is 9.59 Å². The molecule has 26 heavy (non-hydrogen) atoms. The van der Waals surface area contributed by atoms with Crippen LogP contribution < -0.4 is 25.7 Å². The lowest BCUT2D eigenvalue weighted by Crippen LogP contribution is -2.43. The molecule has 0 aromatic heterocycles. The second kappa shape index (κ2) is 7.23. The van der Waals surface area contributed by atoms with Crippen molar-refractivity contribution in [2.24, 2.45) is 11.5 Å². The van der Waals surface area contributed by atoms with Crippen molar-refractivity contribution in [3.8, 4) is 17.2 Å². The molecular weight excluding hydrogens is 340 g/mol. The highest BCUT2D eigenvalue weighted by Crippen LogP contribution is 2.49. The summed E-state index contributed by atoms with van der Waals surface area (Å²) in [7, 11) is 0. The molecule has 1 fully saturated rings. The van der Waals surface area contributed by atoms with Gasteiger partial charge in [0.1, 0.15) is 5.60 Å². The average molecular weight is 362 g/mol. The standard InChI is InChI=1S/C18H22N2O6/c19-14(22)9-24-13-5-4-11-12(21)8-18(6-2-1-3-7-18)26-16(11)17(13)25-10-15(20)23/h4-5H,1-3,6-10H2,(H2,19,22)(H2,20,23). The molecule has 0 bridgehead atoms. The molecule has 4 N–H and O–H groups in total. The van der Waals surface area contributed by atoms with Gasteiger partial charge in [0.15, 0.2) is 30.5 Å². The normalized spacial score (nSPS) is 17.9. The molecule has 1 aromatic carbocycles. The second-order valence-electron chi connectivity index (χ2n) is 6.73. The number of amides is 2. The molecule has 1 spiro atoms. The Hall–Kier alpha value is -2.77. The van der Waals surface area contributed by atoms with Gasteiger partial charge in [0, 0.05) is 0 Å². The van der Waals surface area contributed by atoms with E-state index in [0.29, 0.717) is 12.0 Å². The summed E-state index contributed by atoms with van der Waals surface area (Å²) in [5.41, 5.74) is 10.1. The number of carbonyl (C=O) groups excluding carboxylic acids is 3. The van der Waals surface area contributed by atoms with Crippen molar-refractivity contribution in [2.45, 2.75) is 44.1 Å². The molecule has 3 rings (SSSR count). The van der Waals surface area contributed by atoms with E-state index in [1.807, 2.05) is 0 Å². The van der Waals surface area contributed by atoms with E-state index in [4.69, 9.17) is 25.7 Å². The van der Waals surface area contributed by atoms with E-state index in [2.05, 4.69) is 0 Å². The van der Waals surface area contributed by atoms with Crippen LogP contribution in [0.5, 0.6) is 17.2 Å². The molecule has 0 unspecified atom stereocenters. The Kier molecular flexibility index (Phi) is 5.01. The van der Waals surface area contributed by atoms with Gasteiger partial charge in [-0.3, -0.25) is 14.4 Å². The molecule has 1 aliphatic carbocycles. The van der Waals surface area contributed by atoms with Gasteiger partial charge in [0.2, 0.25) is 5.75 Å². The third-order valence-electron chi connectivity index (χ3n) is 4.67. The summed E-state index contributed by atoms with van der Waals surface area (Å²) in [5.74, 6) is -0.878. The van der Waals surface area contributed by atoms with E-state index >= 15 is 0 Å². The van der Waals surface area contributed by atoms with Crippen LogP contribution in [0.15, 0.2) is 12.1 Å². The molecule has 1 aliphatic heterocycles. The summed E-state index contributed by atoms with van der Waals surface area (Å²) in [4.78, 5) is 34.9. The first kappa shape index (κ1) is 18.0. The summed E-state index contributed by atoms with van der Waals surface area (Å²) in [6.45, 7) is -0.779. The number of benzene rings is 1. The van der Waals surface area contributed by atoms with Crippen LogP contribution in [0.25, 0.3) is 0 Å². The van der Waals surface area contributed by atoms with Crippen molar-refractivity contribution < 1.29 is 28.6 Å². The molecule has 2 aliphatic rings. The molecule has 0 saturated heterocycles. The maximum atomic E-state index is 12.7. The molecule has 140 valence electrons. The largest absolute Gasteiger partial charge is 0.482 e. The summed E-state index contributed by atoms with van der Waals surface area (Å²) in [6, 6.07) is 3.07. The summed E-state index contributed by atoms with van der Waals surface area (Å²) in [6.07, 6.45) is 4.95. The number of ether oxygens (including phenoxy) is 3. The number of rotatable bonds is 6. The molecule has 1 saturated carbocycles. The van der Waals surface area contributed by atoms with E-state index < -0.39 is 24.0 Å². The van der Waals surface area contributed by atoms with E-state index in [-0.39, 0.29) is 29.6 Å². The van der Waals surface area contributed by atoms with Gasteiger partial charge in [-0.1, -0.05) is 6.42 Å².